The lowest BCUT2D eigenvalue weighted by molar-refractivity contribution is 0.516. The summed E-state index contributed by atoms with van der Waals surface area (Å²) in [6.45, 7) is 3.92. The zero-order valence-corrected chi connectivity index (χ0v) is 13.6. The molecule has 3 rings (SSSR count). The van der Waals surface area contributed by atoms with Crippen LogP contribution in [0.4, 0.5) is 0 Å². The van der Waals surface area contributed by atoms with E-state index in [1.165, 1.54) is 6.42 Å². The van der Waals surface area contributed by atoms with Crippen molar-refractivity contribution >= 4 is 27.5 Å². The maximum atomic E-state index is 6.10. The average molecular weight is 356 g/mol. The van der Waals surface area contributed by atoms with Gasteiger partial charge in [-0.2, -0.15) is 0 Å². The fourth-order valence-corrected chi connectivity index (χ4v) is 2.95. The van der Waals surface area contributed by atoms with Crippen LogP contribution in [0.1, 0.15) is 36.6 Å². The number of aromatic nitrogens is 3. The molecule has 1 atom stereocenters. The fourth-order valence-electron chi connectivity index (χ4n) is 2.51. The van der Waals surface area contributed by atoms with Gasteiger partial charge in [0.05, 0.1) is 11.1 Å². The van der Waals surface area contributed by atoms with Gasteiger partial charge in [0, 0.05) is 24.0 Å². The summed E-state index contributed by atoms with van der Waals surface area (Å²) in [5.74, 6) is 2.14. The minimum Gasteiger partial charge on any atom is -0.314 e. The zero-order valence-electron chi connectivity index (χ0n) is 11.2. The van der Waals surface area contributed by atoms with Gasteiger partial charge in [0.15, 0.2) is 0 Å². The molecule has 0 fully saturated rings. The van der Waals surface area contributed by atoms with Gasteiger partial charge >= 0.3 is 0 Å². The minimum atomic E-state index is 0.178. The van der Waals surface area contributed by atoms with E-state index in [9.17, 15) is 0 Å². The first-order valence-electron chi connectivity index (χ1n) is 6.74. The van der Waals surface area contributed by atoms with E-state index in [4.69, 9.17) is 11.6 Å². The highest BCUT2D eigenvalue weighted by molar-refractivity contribution is 9.10. The van der Waals surface area contributed by atoms with E-state index in [-0.39, 0.29) is 6.04 Å². The second kappa shape index (κ2) is 5.84. The number of nitrogens with one attached hydrogen (secondary N) is 1. The number of halogens is 2. The van der Waals surface area contributed by atoms with Crippen LogP contribution in [-0.4, -0.2) is 14.8 Å². The summed E-state index contributed by atoms with van der Waals surface area (Å²) in [6, 6.07) is 6.18. The van der Waals surface area contributed by atoms with E-state index in [0.717, 1.165) is 46.2 Å². The number of nitrogens with zero attached hydrogens (tertiary/aromatic N) is 3. The second-order valence-corrected chi connectivity index (χ2v) is 6.34. The van der Waals surface area contributed by atoms with Crippen molar-refractivity contribution in [2.24, 2.45) is 0 Å². The Morgan fingerprint density at radius 2 is 2.30 bits per heavy atom. The quantitative estimate of drug-likeness (QED) is 0.913. The Balaban J connectivity index is 1.67. The molecular weight excluding hydrogens is 340 g/mol. The molecule has 1 N–H and O–H groups in total. The molecule has 2 heterocycles. The molecule has 0 bridgehead atoms. The Hall–Kier alpha value is -0.910. The van der Waals surface area contributed by atoms with Crippen molar-refractivity contribution in [3.05, 3.63) is 44.9 Å². The molecule has 0 radical (unpaired) electrons. The summed E-state index contributed by atoms with van der Waals surface area (Å²) < 4.78 is 3.15. The van der Waals surface area contributed by atoms with Crippen LogP contribution < -0.4 is 5.32 Å². The second-order valence-electron chi connectivity index (χ2n) is 5.08. The molecule has 106 valence electrons. The Morgan fingerprint density at radius 1 is 1.45 bits per heavy atom. The maximum absolute atomic E-state index is 6.10. The van der Waals surface area contributed by atoms with Gasteiger partial charge < -0.3 is 9.88 Å². The molecule has 1 aliphatic heterocycles. The van der Waals surface area contributed by atoms with Gasteiger partial charge in [0.1, 0.15) is 11.6 Å². The number of hydrogen-bond acceptors (Lipinski definition) is 3. The van der Waals surface area contributed by atoms with Crippen LogP contribution in [0.15, 0.2) is 22.7 Å². The van der Waals surface area contributed by atoms with Crippen molar-refractivity contribution in [1.82, 2.24) is 20.1 Å². The number of aryl methyl sites for hydroxylation is 1. The number of hydrogen-bond donors (Lipinski definition) is 1. The first-order valence-corrected chi connectivity index (χ1v) is 7.91. The van der Waals surface area contributed by atoms with Gasteiger partial charge in [-0.05, 0) is 47.0 Å². The molecule has 6 heteroatoms. The van der Waals surface area contributed by atoms with Crippen molar-refractivity contribution in [3.8, 4) is 0 Å². The highest BCUT2D eigenvalue weighted by atomic mass is 79.9. The molecule has 0 saturated carbocycles. The van der Waals surface area contributed by atoms with Crippen LogP contribution in [0.25, 0.3) is 0 Å². The zero-order chi connectivity index (χ0) is 14.1. The topological polar surface area (TPSA) is 42.7 Å². The minimum absolute atomic E-state index is 0.178. The van der Waals surface area contributed by atoms with Crippen LogP contribution in [-0.2, 0) is 19.5 Å². The lowest BCUT2D eigenvalue weighted by Gasteiger charge is -2.14. The predicted molar refractivity (Wildman–Crippen MR) is 82.7 cm³/mol. The van der Waals surface area contributed by atoms with Crippen LogP contribution in [0.3, 0.4) is 0 Å². The van der Waals surface area contributed by atoms with Gasteiger partial charge in [-0.15, -0.1) is 10.2 Å². The average Bonchev–Trinajstić information content (AvgIpc) is 3.02. The predicted octanol–water partition coefficient (Wildman–Crippen LogP) is 3.49. The van der Waals surface area contributed by atoms with Crippen molar-refractivity contribution in [2.75, 3.05) is 0 Å². The maximum Gasteiger partial charge on any atom is 0.149 e. The smallest absolute Gasteiger partial charge is 0.149 e. The van der Waals surface area contributed by atoms with Crippen molar-refractivity contribution in [1.29, 1.82) is 0 Å². The monoisotopic (exact) mass is 354 g/mol. The van der Waals surface area contributed by atoms with E-state index in [2.05, 4.69) is 49.0 Å². The summed E-state index contributed by atoms with van der Waals surface area (Å²) >= 11 is 9.51. The van der Waals surface area contributed by atoms with Gasteiger partial charge in [-0.1, -0.05) is 17.7 Å². The van der Waals surface area contributed by atoms with Crippen molar-refractivity contribution in [2.45, 2.75) is 38.9 Å². The number of rotatable bonds is 4. The van der Waals surface area contributed by atoms with Gasteiger partial charge in [0.2, 0.25) is 0 Å². The molecule has 0 amide bonds. The lowest BCUT2D eigenvalue weighted by atomic mass is 10.2. The van der Waals surface area contributed by atoms with Gasteiger partial charge in [-0.3, -0.25) is 0 Å². The van der Waals surface area contributed by atoms with Crippen molar-refractivity contribution in [3.63, 3.8) is 0 Å². The highest BCUT2D eigenvalue weighted by Crippen LogP contribution is 2.24. The largest absolute Gasteiger partial charge is 0.314 e. The third-order valence-corrected chi connectivity index (χ3v) is 4.85. The molecule has 2 aromatic rings. The summed E-state index contributed by atoms with van der Waals surface area (Å²) in [5.41, 5.74) is 1.16. The van der Waals surface area contributed by atoms with E-state index >= 15 is 0 Å². The van der Waals surface area contributed by atoms with Crippen molar-refractivity contribution < 1.29 is 0 Å². The first-order chi connectivity index (χ1) is 9.65. The highest BCUT2D eigenvalue weighted by Gasteiger charge is 2.20. The Kier molecular flexibility index (Phi) is 4.10. The van der Waals surface area contributed by atoms with E-state index in [1.54, 1.807) is 0 Å². The Morgan fingerprint density at radius 3 is 3.10 bits per heavy atom. The third-order valence-electron chi connectivity index (χ3n) is 3.62. The molecule has 1 aromatic carbocycles. The van der Waals surface area contributed by atoms with Crippen LogP contribution in [0.5, 0.6) is 0 Å². The van der Waals surface area contributed by atoms with Crippen LogP contribution >= 0.6 is 27.5 Å². The van der Waals surface area contributed by atoms with E-state index < -0.39 is 0 Å². The SMILES string of the molecule is CC(NCc1ccc(Br)c(Cl)c1)c1nnc2n1CCC2. The van der Waals surface area contributed by atoms with Crippen LogP contribution in [0.2, 0.25) is 5.02 Å². The van der Waals surface area contributed by atoms with E-state index in [1.807, 2.05) is 12.1 Å². The summed E-state index contributed by atoms with van der Waals surface area (Å²) in [6.07, 6.45) is 2.22. The van der Waals surface area contributed by atoms with Crippen LogP contribution in [0, 0.1) is 0 Å². The summed E-state index contributed by atoms with van der Waals surface area (Å²) in [5, 5.41) is 12.8. The van der Waals surface area contributed by atoms with E-state index in [0.29, 0.717) is 0 Å². The van der Waals surface area contributed by atoms with Gasteiger partial charge in [0.25, 0.3) is 0 Å². The fraction of sp³-hybridized carbons (Fsp3) is 0.429. The van der Waals surface area contributed by atoms with Gasteiger partial charge in [-0.25, -0.2) is 0 Å². The molecular formula is C14H16BrClN4. The molecule has 1 aromatic heterocycles. The molecule has 1 unspecified atom stereocenters. The normalized spacial score (nSPS) is 15.3. The molecule has 0 spiro atoms. The summed E-state index contributed by atoms with van der Waals surface area (Å²) in [4.78, 5) is 0. The summed E-state index contributed by atoms with van der Waals surface area (Å²) in [7, 11) is 0. The molecule has 1 aliphatic rings. The third kappa shape index (κ3) is 2.75. The molecule has 4 nitrogen and oxygen atoms in total. The number of benzene rings is 1. The number of fused-ring (bicyclic) bond motifs is 1. The molecule has 20 heavy (non-hydrogen) atoms. The lowest BCUT2D eigenvalue weighted by Crippen LogP contribution is -2.21. The Labute approximate surface area is 131 Å². The standard InChI is InChI=1S/C14H16BrClN4/c1-9(14-19-18-13-3-2-6-20(13)14)17-8-10-4-5-11(15)12(16)7-10/h4-5,7,9,17H,2-3,6,8H2,1H3. The Bertz CT molecular complexity index is 626. The molecule has 0 aliphatic carbocycles. The molecule has 0 saturated heterocycles. The first kappa shape index (κ1) is 14.0.